The zero-order valence-corrected chi connectivity index (χ0v) is 13.4. The number of nitrogens with one attached hydrogen (secondary N) is 2. The fourth-order valence-electron chi connectivity index (χ4n) is 2.04. The van der Waals surface area contributed by atoms with Crippen LogP contribution < -0.4 is 5.32 Å². The molecule has 0 radical (unpaired) electrons. The van der Waals surface area contributed by atoms with Crippen LogP contribution in [0.5, 0.6) is 0 Å². The lowest BCUT2D eigenvalue weighted by atomic mass is 10.1. The van der Waals surface area contributed by atoms with Crippen molar-refractivity contribution in [1.29, 1.82) is 0 Å². The van der Waals surface area contributed by atoms with Gasteiger partial charge in [-0.3, -0.25) is 15.2 Å². The van der Waals surface area contributed by atoms with Gasteiger partial charge in [-0.1, -0.05) is 11.8 Å². The fourth-order valence-corrected chi connectivity index (χ4v) is 2.73. The molecule has 0 amide bonds. The summed E-state index contributed by atoms with van der Waals surface area (Å²) in [5, 5.41) is 30.2. The number of hydrogen-bond donors (Lipinski definition) is 3. The van der Waals surface area contributed by atoms with Crippen LogP contribution in [0.2, 0.25) is 0 Å². The molecule has 0 saturated heterocycles. The Morgan fingerprint density at radius 3 is 2.60 bits per heavy atom. The molecule has 1 aromatic heterocycles. The number of rotatable bonds is 6. The van der Waals surface area contributed by atoms with Crippen LogP contribution in [-0.2, 0) is 0 Å². The molecule has 0 unspecified atom stereocenters. The molecule has 0 bridgehead atoms. The molecular formula is C15H11N5O4S. The predicted octanol–water partition coefficient (Wildman–Crippen LogP) is 3.31. The molecule has 0 atom stereocenters. The Kier molecular flexibility index (Phi) is 4.61. The van der Waals surface area contributed by atoms with Crippen molar-refractivity contribution in [2.24, 2.45) is 0 Å². The van der Waals surface area contributed by atoms with Gasteiger partial charge in [-0.25, -0.2) is 9.78 Å². The molecule has 0 aliphatic carbocycles. The molecular weight excluding hydrogens is 346 g/mol. The van der Waals surface area contributed by atoms with Crippen molar-refractivity contribution in [3.63, 3.8) is 0 Å². The molecule has 3 aromatic rings. The molecule has 0 fully saturated rings. The van der Waals surface area contributed by atoms with Gasteiger partial charge >= 0.3 is 5.97 Å². The minimum Gasteiger partial charge on any atom is -0.478 e. The topological polar surface area (TPSA) is 134 Å². The number of aromatic carboxylic acids is 1. The summed E-state index contributed by atoms with van der Waals surface area (Å²) in [6.07, 6.45) is 1.41. The summed E-state index contributed by atoms with van der Waals surface area (Å²) in [5.74, 6) is -1.22. The second-order valence-electron chi connectivity index (χ2n) is 4.84. The molecule has 2 aromatic carbocycles. The Labute approximate surface area is 145 Å². The van der Waals surface area contributed by atoms with E-state index >= 15 is 0 Å². The smallest absolute Gasteiger partial charge is 0.335 e. The molecule has 10 heteroatoms. The van der Waals surface area contributed by atoms with E-state index in [9.17, 15) is 14.9 Å². The lowest BCUT2D eigenvalue weighted by Crippen LogP contribution is -2.01. The number of carboxylic acids is 1. The molecule has 0 spiro atoms. The predicted molar refractivity (Wildman–Crippen MR) is 90.3 cm³/mol. The largest absolute Gasteiger partial charge is 0.478 e. The lowest BCUT2D eigenvalue weighted by Gasteiger charge is -2.08. The van der Waals surface area contributed by atoms with Crippen molar-refractivity contribution in [3.8, 4) is 0 Å². The number of carboxylic acid groups (broad SMARTS) is 1. The van der Waals surface area contributed by atoms with Gasteiger partial charge in [-0.15, -0.1) is 0 Å². The second kappa shape index (κ2) is 7.01. The summed E-state index contributed by atoms with van der Waals surface area (Å²) in [6.45, 7) is 0. The Morgan fingerprint density at radius 1 is 1.24 bits per heavy atom. The second-order valence-corrected chi connectivity index (χ2v) is 5.90. The standard InChI is InChI=1S/C15H11N5O4S/c21-14(22)9-1-6-12(13(7-9)20(23)24)18-10-2-4-11(5-3-10)25-15-16-8-17-19-15/h1-8,18H,(H,21,22)(H,16,17,19). The molecule has 1 heterocycles. The van der Waals surface area contributed by atoms with Crippen molar-refractivity contribution in [2.75, 3.05) is 5.32 Å². The van der Waals surface area contributed by atoms with Crippen LogP contribution in [0.1, 0.15) is 10.4 Å². The third-order valence-corrected chi connectivity index (χ3v) is 4.08. The van der Waals surface area contributed by atoms with Gasteiger partial charge < -0.3 is 10.4 Å². The van der Waals surface area contributed by atoms with Gasteiger partial charge in [0.1, 0.15) is 12.0 Å². The van der Waals surface area contributed by atoms with E-state index in [4.69, 9.17) is 5.11 Å². The Hall–Kier alpha value is -3.40. The van der Waals surface area contributed by atoms with Crippen LogP contribution in [0.15, 0.2) is 58.8 Å². The summed E-state index contributed by atoms with van der Waals surface area (Å²) in [5.41, 5.74) is 0.398. The van der Waals surface area contributed by atoms with Crippen LogP contribution in [0, 0.1) is 10.1 Å². The molecule has 3 rings (SSSR count). The molecule has 9 nitrogen and oxygen atoms in total. The van der Waals surface area contributed by atoms with Gasteiger partial charge in [-0.2, -0.15) is 5.10 Å². The number of H-pyrrole nitrogens is 1. The maximum Gasteiger partial charge on any atom is 0.335 e. The molecule has 3 N–H and O–H groups in total. The zero-order chi connectivity index (χ0) is 17.8. The number of aromatic nitrogens is 3. The third-order valence-electron chi connectivity index (χ3n) is 3.18. The molecule has 0 aliphatic heterocycles. The van der Waals surface area contributed by atoms with Crippen LogP contribution in [0.25, 0.3) is 0 Å². The first-order valence-corrected chi connectivity index (χ1v) is 7.76. The van der Waals surface area contributed by atoms with E-state index in [-0.39, 0.29) is 16.9 Å². The average molecular weight is 357 g/mol. The van der Waals surface area contributed by atoms with Gasteiger partial charge in [0.25, 0.3) is 5.69 Å². The van der Waals surface area contributed by atoms with Gasteiger partial charge in [0.2, 0.25) is 0 Å². The Balaban J connectivity index is 1.80. The number of carbonyl (C=O) groups is 1. The highest BCUT2D eigenvalue weighted by atomic mass is 32.2. The maximum atomic E-state index is 11.2. The van der Waals surface area contributed by atoms with E-state index in [2.05, 4.69) is 20.5 Å². The summed E-state index contributed by atoms with van der Waals surface area (Å²) in [7, 11) is 0. The Bertz CT molecular complexity index is 912. The van der Waals surface area contributed by atoms with E-state index in [1.165, 1.54) is 30.2 Å². The highest BCUT2D eigenvalue weighted by molar-refractivity contribution is 7.99. The van der Waals surface area contributed by atoms with Gasteiger partial charge in [0.05, 0.1) is 10.5 Å². The summed E-state index contributed by atoms with van der Waals surface area (Å²) < 4.78 is 0. The first kappa shape index (κ1) is 16.5. The number of aromatic amines is 1. The maximum absolute atomic E-state index is 11.2. The fraction of sp³-hybridized carbons (Fsp3) is 0. The summed E-state index contributed by atoms with van der Waals surface area (Å²) in [6, 6.07) is 10.9. The van der Waals surface area contributed by atoms with E-state index < -0.39 is 10.9 Å². The highest BCUT2D eigenvalue weighted by Gasteiger charge is 2.17. The SMILES string of the molecule is O=C(O)c1ccc(Nc2ccc(Sc3ncn[nH]3)cc2)c([N+](=O)[O-])c1. The number of nitrogens with zero attached hydrogens (tertiary/aromatic N) is 3. The minimum atomic E-state index is -1.22. The van der Waals surface area contributed by atoms with Crippen molar-refractivity contribution in [2.45, 2.75) is 10.1 Å². The van der Waals surface area contributed by atoms with E-state index in [0.29, 0.717) is 10.8 Å². The normalized spacial score (nSPS) is 10.4. The number of benzene rings is 2. The third kappa shape index (κ3) is 3.93. The molecule has 0 aliphatic rings. The number of hydrogen-bond acceptors (Lipinski definition) is 7. The van der Waals surface area contributed by atoms with E-state index in [1.54, 1.807) is 12.1 Å². The van der Waals surface area contributed by atoms with Gasteiger partial charge in [0.15, 0.2) is 5.16 Å². The first-order valence-electron chi connectivity index (χ1n) is 6.95. The van der Waals surface area contributed by atoms with Crippen LogP contribution in [0.4, 0.5) is 17.1 Å². The summed E-state index contributed by atoms with van der Waals surface area (Å²) >= 11 is 1.39. The molecule has 126 valence electrons. The average Bonchev–Trinajstić information content (AvgIpc) is 3.09. The lowest BCUT2D eigenvalue weighted by molar-refractivity contribution is -0.383. The number of nitro groups is 1. The zero-order valence-electron chi connectivity index (χ0n) is 12.5. The number of nitro benzene ring substituents is 1. The number of anilines is 2. The van der Waals surface area contributed by atoms with Crippen molar-refractivity contribution < 1.29 is 14.8 Å². The van der Waals surface area contributed by atoms with E-state index in [0.717, 1.165) is 11.0 Å². The van der Waals surface area contributed by atoms with Crippen molar-refractivity contribution >= 4 is 34.8 Å². The molecule has 25 heavy (non-hydrogen) atoms. The molecule has 0 saturated carbocycles. The quantitative estimate of drug-likeness (QED) is 0.452. The summed E-state index contributed by atoms with van der Waals surface area (Å²) in [4.78, 5) is 26.4. The van der Waals surface area contributed by atoms with Crippen molar-refractivity contribution in [3.05, 3.63) is 64.5 Å². The van der Waals surface area contributed by atoms with Gasteiger partial charge in [0, 0.05) is 16.6 Å². The van der Waals surface area contributed by atoms with Crippen LogP contribution in [-0.4, -0.2) is 31.2 Å². The van der Waals surface area contributed by atoms with Crippen molar-refractivity contribution in [1.82, 2.24) is 15.2 Å². The highest BCUT2D eigenvalue weighted by Crippen LogP contribution is 2.30. The van der Waals surface area contributed by atoms with Crippen LogP contribution in [0.3, 0.4) is 0 Å². The van der Waals surface area contributed by atoms with Crippen LogP contribution >= 0.6 is 11.8 Å². The first-order chi connectivity index (χ1) is 12.0. The monoisotopic (exact) mass is 357 g/mol. The Morgan fingerprint density at radius 2 is 2.00 bits per heavy atom. The van der Waals surface area contributed by atoms with E-state index in [1.807, 2.05) is 12.1 Å². The minimum absolute atomic E-state index is 0.143. The van der Waals surface area contributed by atoms with Gasteiger partial charge in [-0.05, 0) is 36.4 Å².